The number of allylic oxidation sites excluding steroid dienone is 2. The predicted octanol–water partition coefficient (Wildman–Crippen LogP) is 4.20. The fraction of sp³-hybridized carbons (Fsp3) is 0.600. The lowest BCUT2D eigenvalue weighted by molar-refractivity contribution is 0.598. The van der Waals surface area contributed by atoms with Gasteiger partial charge in [0.15, 0.2) is 0 Å². The molecule has 0 saturated carbocycles. The van der Waals surface area contributed by atoms with Crippen molar-refractivity contribution in [2.24, 2.45) is 5.14 Å². The number of primary sulfonamides is 1. The Bertz CT molecular complexity index is 544. The van der Waals surface area contributed by atoms with Crippen molar-refractivity contribution >= 4 is 21.4 Å². The molecular formula is C15H25NO2S2. The molecule has 0 aromatic carbocycles. The van der Waals surface area contributed by atoms with E-state index in [1.807, 2.05) is 5.38 Å². The van der Waals surface area contributed by atoms with Gasteiger partial charge in [-0.3, -0.25) is 0 Å². The molecule has 0 saturated heterocycles. The van der Waals surface area contributed by atoms with Crippen molar-refractivity contribution in [2.45, 2.75) is 63.0 Å². The number of unbranched alkanes of at least 4 members (excludes halogenated alkanes) is 1. The smallest absolute Gasteiger partial charge is 0.224 e. The molecule has 0 fully saturated rings. The van der Waals surface area contributed by atoms with Crippen LogP contribution in [0.3, 0.4) is 0 Å². The Morgan fingerprint density at radius 1 is 1.35 bits per heavy atom. The van der Waals surface area contributed by atoms with Crippen molar-refractivity contribution in [2.75, 3.05) is 0 Å². The molecule has 3 nitrogen and oxygen atoms in total. The van der Waals surface area contributed by atoms with Gasteiger partial charge in [-0.25, -0.2) is 13.6 Å². The number of rotatable bonds is 8. The second kappa shape index (κ2) is 7.96. The Hall–Kier alpha value is -0.650. The van der Waals surface area contributed by atoms with E-state index in [-0.39, 0.29) is 0 Å². The van der Waals surface area contributed by atoms with Gasteiger partial charge in [0.2, 0.25) is 10.0 Å². The number of thiophene rings is 1. The van der Waals surface area contributed by atoms with Gasteiger partial charge >= 0.3 is 0 Å². The number of sulfonamides is 1. The van der Waals surface area contributed by atoms with Gasteiger partial charge in [0, 0.05) is 0 Å². The third-order valence-electron chi connectivity index (χ3n) is 3.49. The van der Waals surface area contributed by atoms with E-state index in [0.29, 0.717) is 10.1 Å². The van der Waals surface area contributed by atoms with Gasteiger partial charge in [-0.15, -0.1) is 11.3 Å². The molecule has 0 spiro atoms. The summed E-state index contributed by atoms with van der Waals surface area (Å²) in [6.45, 7) is 6.36. The van der Waals surface area contributed by atoms with Crippen molar-refractivity contribution in [3.05, 3.63) is 28.7 Å². The third kappa shape index (κ3) is 4.72. The molecule has 2 N–H and O–H groups in total. The Labute approximate surface area is 126 Å². The van der Waals surface area contributed by atoms with E-state index in [1.54, 1.807) is 0 Å². The first-order chi connectivity index (χ1) is 9.41. The lowest BCUT2D eigenvalue weighted by atomic mass is 9.95. The lowest BCUT2D eigenvalue weighted by Crippen LogP contribution is -2.13. The van der Waals surface area contributed by atoms with E-state index in [1.165, 1.54) is 11.3 Å². The van der Waals surface area contributed by atoms with Gasteiger partial charge in [0.25, 0.3) is 0 Å². The summed E-state index contributed by atoms with van der Waals surface area (Å²) in [6.07, 6.45) is 9.06. The van der Waals surface area contributed by atoms with Crippen molar-refractivity contribution < 1.29 is 8.42 Å². The minimum Gasteiger partial charge on any atom is -0.224 e. The van der Waals surface area contributed by atoms with Crippen LogP contribution in [0.5, 0.6) is 0 Å². The maximum Gasteiger partial charge on any atom is 0.247 e. The summed E-state index contributed by atoms with van der Waals surface area (Å²) in [5.41, 5.74) is 2.10. The molecule has 0 bridgehead atoms. The van der Waals surface area contributed by atoms with Crippen LogP contribution in [0.4, 0.5) is 0 Å². The Morgan fingerprint density at radius 2 is 2.05 bits per heavy atom. The highest BCUT2D eigenvalue weighted by molar-refractivity contribution is 7.91. The van der Waals surface area contributed by atoms with Crippen molar-refractivity contribution in [1.82, 2.24) is 0 Å². The average Bonchev–Trinajstić information content (AvgIpc) is 2.81. The van der Waals surface area contributed by atoms with Crippen LogP contribution in [0.1, 0.15) is 63.5 Å². The van der Waals surface area contributed by atoms with E-state index in [2.05, 4.69) is 32.9 Å². The van der Waals surface area contributed by atoms with Crippen LogP contribution in [0.25, 0.3) is 0 Å². The molecule has 1 aromatic heterocycles. The molecule has 0 aliphatic heterocycles. The number of hydrogen-bond donors (Lipinski definition) is 1. The Balaban J connectivity index is 2.94. The van der Waals surface area contributed by atoms with Crippen molar-refractivity contribution in [3.8, 4) is 0 Å². The second-order valence-corrected chi connectivity index (χ2v) is 7.72. The zero-order valence-corrected chi connectivity index (χ0v) is 14.2. The van der Waals surface area contributed by atoms with E-state index in [4.69, 9.17) is 5.14 Å². The highest BCUT2D eigenvalue weighted by Gasteiger charge is 2.21. The molecule has 0 aliphatic carbocycles. The Kier molecular flexibility index (Phi) is 6.92. The van der Waals surface area contributed by atoms with Crippen LogP contribution in [0.15, 0.2) is 21.7 Å². The minimum atomic E-state index is -3.60. The monoisotopic (exact) mass is 315 g/mol. The van der Waals surface area contributed by atoms with Gasteiger partial charge in [0.05, 0.1) is 0 Å². The van der Waals surface area contributed by atoms with E-state index >= 15 is 0 Å². The van der Waals surface area contributed by atoms with Crippen molar-refractivity contribution in [1.29, 1.82) is 0 Å². The van der Waals surface area contributed by atoms with Gasteiger partial charge in [-0.2, -0.15) is 0 Å². The summed E-state index contributed by atoms with van der Waals surface area (Å²) < 4.78 is 23.7. The standard InChI is InChI=1S/C15H25NO2S2/c1-4-6-7-8-9-10-13-14(12(3)5-2)11-19-15(13)20(16,17)18/h6-7,11-12H,4-5,8-10H2,1-3H3,(H2,16,17,18). The minimum absolute atomic E-state index is 0.354. The summed E-state index contributed by atoms with van der Waals surface area (Å²) in [5.74, 6) is 0.378. The summed E-state index contributed by atoms with van der Waals surface area (Å²) in [4.78, 5) is 0. The molecule has 0 radical (unpaired) electrons. The van der Waals surface area contributed by atoms with Crippen LogP contribution in [0, 0.1) is 0 Å². The fourth-order valence-electron chi connectivity index (χ4n) is 2.18. The van der Waals surface area contributed by atoms with E-state index in [9.17, 15) is 8.42 Å². The van der Waals surface area contributed by atoms with Gasteiger partial charge in [-0.05, 0) is 54.5 Å². The topological polar surface area (TPSA) is 60.2 Å². The fourth-order valence-corrected chi connectivity index (χ4v) is 4.39. The van der Waals surface area contributed by atoms with Crippen LogP contribution in [-0.2, 0) is 16.4 Å². The van der Waals surface area contributed by atoms with Crippen LogP contribution in [0.2, 0.25) is 0 Å². The number of nitrogens with two attached hydrogens (primary N) is 1. The maximum absolute atomic E-state index is 11.7. The first-order valence-electron chi connectivity index (χ1n) is 7.19. The third-order valence-corrected chi connectivity index (χ3v) is 6.07. The van der Waals surface area contributed by atoms with Crippen molar-refractivity contribution in [3.63, 3.8) is 0 Å². The van der Waals surface area contributed by atoms with Gasteiger partial charge in [-0.1, -0.05) is 32.9 Å². The zero-order valence-electron chi connectivity index (χ0n) is 12.6. The highest BCUT2D eigenvalue weighted by Crippen LogP contribution is 2.34. The second-order valence-electron chi connectivity index (χ2n) is 5.08. The molecule has 1 unspecified atom stereocenters. The van der Waals surface area contributed by atoms with E-state index < -0.39 is 10.0 Å². The summed E-state index contributed by atoms with van der Waals surface area (Å²) in [5, 5.41) is 7.30. The molecule has 114 valence electrons. The normalized spacial score (nSPS) is 14.0. The average molecular weight is 316 g/mol. The molecule has 5 heteroatoms. The summed E-state index contributed by atoms with van der Waals surface area (Å²) in [6, 6.07) is 0. The largest absolute Gasteiger partial charge is 0.247 e. The highest BCUT2D eigenvalue weighted by atomic mass is 32.2. The molecule has 1 atom stereocenters. The molecule has 0 aliphatic rings. The van der Waals surface area contributed by atoms with Crippen LogP contribution < -0.4 is 5.14 Å². The van der Waals surface area contributed by atoms with Gasteiger partial charge < -0.3 is 0 Å². The molecular weight excluding hydrogens is 290 g/mol. The molecule has 0 amide bonds. The van der Waals surface area contributed by atoms with Gasteiger partial charge in [0.1, 0.15) is 4.21 Å². The molecule has 1 heterocycles. The zero-order chi connectivity index (χ0) is 15.2. The van der Waals surface area contributed by atoms with E-state index in [0.717, 1.165) is 43.2 Å². The first-order valence-corrected chi connectivity index (χ1v) is 9.62. The SMILES string of the molecule is CCC=CCCCc1c(C(C)CC)csc1S(N)(=O)=O. The Morgan fingerprint density at radius 3 is 2.60 bits per heavy atom. The molecule has 1 aromatic rings. The predicted molar refractivity (Wildman–Crippen MR) is 86.8 cm³/mol. The lowest BCUT2D eigenvalue weighted by Gasteiger charge is -2.11. The first kappa shape index (κ1) is 17.4. The van der Waals surface area contributed by atoms with Crippen LogP contribution in [-0.4, -0.2) is 8.42 Å². The maximum atomic E-state index is 11.7. The summed E-state index contributed by atoms with van der Waals surface area (Å²) in [7, 11) is -3.60. The van der Waals surface area contributed by atoms with Crippen LogP contribution >= 0.6 is 11.3 Å². The summed E-state index contributed by atoms with van der Waals surface area (Å²) >= 11 is 1.26. The quantitative estimate of drug-likeness (QED) is 0.577. The number of hydrogen-bond acceptors (Lipinski definition) is 3. The molecule has 20 heavy (non-hydrogen) atoms. The molecule has 1 rings (SSSR count).